The summed E-state index contributed by atoms with van der Waals surface area (Å²) >= 11 is 21.7. The number of aryl methyl sites for hydroxylation is 7. The van der Waals surface area contributed by atoms with Crippen LogP contribution >= 0.6 is 103 Å². The minimum Gasteiger partial charge on any atom is -0.497 e. The van der Waals surface area contributed by atoms with Crippen LogP contribution in [0.1, 0.15) is 142 Å². The summed E-state index contributed by atoms with van der Waals surface area (Å²) in [5.41, 5.74) is 9.69. The Balaban J connectivity index is 0.000000116. The van der Waals surface area contributed by atoms with Gasteiger partial charge in [0.15, 0.2) is 87.6 Å². The van der Waals surface area contributed by atoms with Crippen LogP contribution in [-0.4, -0.2) is 103 Å². The number of rotatable bonds is 16. The molecule has 7 amide bonds. The average Bonchev–Trinajstić information content (AvgIpc) is 1.64. The highest BCUT2D eigenvalue weighted by Gasteiger charge is 2.28. The van der Waals surface area contributed by atoms with Crippen molar-refractivity contribution >= 4 is 262 Å². The molecule has 22 rings (SSSR count). The van der Waals surface area contributed by atoms with Crippen molar-refractivity contribution in [2.75, 3.05) is 57.6 Å². The Bertz CT molecular complexity index is 7830. The number of benzene rings is 7. The monoisotopic (exact) mass is 2000 g/mol. The second kappa shape index (κ2) is 43.2. The molecule has 137 heavy (non-hydrogen) atoms. The van der Waals surface area contributed by atoms with Crippen molar-refractivity contribution in [1.82, 2.24) is 34.9 Å². The van der Waals surface area contributed by atoms with E-state index < -0.39 is 0 Å². The standard InChI is InChI=1S/C16H14N2O2S.C15H12N2O3S.C14H11ClN2O2S.C14H12N2O2S.C13H9ClN2O2S.C13H10N2O3S.C13H10N2O2S/c19-15(13-9-10-5-1-3-7-12(10)20-13)18-16-17-11-6-2-4-8-14(11)21-16;1-8-13(9(2)18)21-15(16-8)17-14(19)12-7-10-5-3-4-6-11(10)20-12;1-7-6-20-14(16-7)17-13(18)11-8(2)9-4-3-5-10(15)12(9)19-11;1-9-10-5-3-4-6-11(10)18-12(9)13(17)16(2)14-15-7-8-19-14;1-7-9-6-8(14)2-3-10(9)18-11(7)12(17)16-13-15-4-5-19-13;1-17-9-2-3-10-8(6-9)7-11(18-10)12(16)15-13-14-4-5-19-13;1-15(13-14-6-7-18-13)12(16)11-8-9-4-2-3-5-10(9)17-11/h1,3,5,7,9H,2,4,6,8H2,(H,17,18,19);3-7H,1-2H3,(H,16,17,19);3-6H,1-2H3,(H,16,17,18);3-8H,1-2H3;2-6H,1H3,(H,15,16,17);2-7H,1H3,(H,14,15,16);2-8H,1H3. The predicted molar refractivity (Wildman–Crippen MR) is 540 cm³/mol. The van der Waals surface area contributed by atoms with Gasteiger partial charge in [0, 0.05) is 137 Å². The van der Waals surface area contributed by atoms with E-state index in [1.54, 1.807) is 142 Å². The molecule has 0 radical (unpaired) electrons. The lowest BCUT2D eigenvalue weighted by atomic mass is 10.0. The van der Waals surface area contributed by atoms with Gasteiger partial charge in [0.05, 0.1) is 34.1 Å². The lowest BCUT2D eigenvalue weighted by molar-refractivity contribution is 0.0961. The number of carbonyl (C=O) groups is 8. The molecule has 0 unspecified atom stereocenters. The molecule has 5 N–H and O–H groups in total. The summed E-state index contributed by atoms with van der Waals surface area (Å²) in [5.74, 6) is 0.776. The zero-order chi connectivity index (χ0) is 96.1. The SMILES string of the molecule is CC(=O)c1sc(NC(=O)c2cc3ccccc3o2)nc1C.CN(C(=O)c1cc2ccccc2o1)c1nccs1.COc1ccc2oc(C(=O)Nc3nccs3)cc2c1.Cc1c(C(=O)N(C)c2nccs2)oc2ccccc12.Cc1c(C(=O)Nc2nccs2)oc2ccc(Cl)cc12.Cc1csc(NC(=O)c2oc3c(Cl)cccc3c2C)n1.O=C(Nc1nc2c(s1)CCCC2)c1cc2ccccc2o1. The van der Waals surface area contributed by atoms with Crippen LogP contribution in [0.25, 0.3) is 76.8 Å². The van der Waals surface area contributed by atoms with E-state index in [1.807, 2.05) is 153 Å². The van der Waals surface area contributed by atoms with E-state index in [0.717, 1.165) is 107 Å². The predicted octanol–water partition coefficient (Wildman–Crippen LogP) is 26.0. The highest BCUT2D eigenvalue weighted by atomic mass is 35.5. The average molecular weight is 2000 g/mol. The Morgan fingerprint density at radius 2 is 0.869 bits per heavy atom. The highest BCUT2D eigenvalue weighted by molar-refractivity contribution is 7.18. The summed E-state index contributed by atoms with van der Waals surface area (Å²) in [4.78, 5) is 131. The molecule has 14 heterocycles. The Morgan fingerprint density at radius 3 is 1.40 bits per heavy atom. The van der Waals surface area contributed by atoms with Gasteiger partial charge in [-0.25, -0.2) is 34.9 Å². The normalized spacial score (nSPS) is 11.3. The molecule has 1 aliphatic carbocycles. The third-order valence-electron chi connectivity index (χ3n) is 20.7. The summed E-state index contributed by atoms with van der Waals surface area (Å²) in [6.07, 6.45) is 11.1. The van der Waals surface area contributed by atoms with Crippen molar-refractivity contribution in [3.8, 4) is 5.75 Å². The summed E-state index contributed by atoms with van der Waals surface area (Å²) in [7, 11) is 4.99. The quantitative estimate of drug-likeness (QED) is 0.0561. The van der Waals surface area contributed by atoms with Gasteiger partial charge < -0.3 is 35.7 Å². The van der Waals surface area contributed by atoms with Crippen LogP contribution < -0.4 is 41.1 Å². The topological polar surface area (TPSA) is 395 Å². The third kappa shape index (κ3) is 22.7. The summed E-state index contributed by atoms with van der Waals surface area (Å²) in [6, 6.07) is 53.2. The zero-order valence-corrected chi connectivity index (χ0v) is 81.2. The van der Waals surface area contributed by atoms with Crippen molar-refractivity contribution in [3.63, 3.8) is 0 Å². The molecule has 21 aromatic rings. The van der Waals surface area contributed by atoms with Crippen molar-refractivity contribution in [2.45, 2.75) is 67.2 Å². The highest BCUT2D eigenvalue weighted by Crippen LogP contribution is 2.37. The van der Waals surface area contributed by atoms with Gasteiger partial charge in [-0.15, -0.1) is 68.0 Å². The van der Waals surface area contributed by atoms with Gasteiger partial charge in [0.1, 0.15) is 39.2 Å². The molecule has 14 aromatic heterocycles. The molecule has 7 aromatic carbocycles. The van der Waals surface area contributed by atoms with Crippen LogP contribution in [0.5, 0.6) is 5.75 Å². The lowest BCUT2D eigenvalue weighted by Gasteiger charge is -2.11. The number of fused-ring (bicyclic) bond motifs is 8. The first-order valence-corrected chi connectivity index (χ1v) is 48.5. The van der Waals surface area contributed by atoms with E-state index in [4.69, 9.17) is 58.9 Å². The maximum atomic E-state index is 12.4. The molecular formula is C98H78Cl2N14O16S7. The second-order valence-electron chi connectivity index (χ2n) is 30.1. The molecule has 0 saturated heterocycles. The first-order valence-electron chi connectivity index (χ1n) is 41.7. The van der Waals surface area contributed by atoms with Crippen LogP contribution in [0.3, 0.4) is 0 Å². The number of nitrogens with zero attached hydrogens (tertiary/aromatic N) is 9. The lowest BCUT2D eigenvalue weighted by Crippen LogP contribution is -2.26. The van der Waals surface area contributed by atoms with Crippen molar-refractivity contribution in [3.05, 3.63) is 322 Å². The summed E-state index contributed by atoms with van der Waals surface area (Å²) < 4.78 is 44.0. The maximum absolute atomic E-state index is 12.4. The number of hydrogen-bond acceptors (Lipinski definition) is 30. The molecule has 0 fully saturated rings. The molecule has 0 spiro atoms. The van der Waals surface area contributed by atoms with E-state index in [1.165, 1.54) is 91.1 Å². The van der Waals surface area contributed by atoms with Gasteiger partial charge in [-0.2, -0.15) is 0 Å². The van der Waals surface area contributed by atoms with Crippen LogP contribution in [-0.2, 0) is 12.8 Å². The molecule has 1 aliphatic rings. The van der Waals surface area contributed by atoms with Crippen molar-refractivity contribution < 1.29 is 74.0 Å². The fourth-order valence-electron chi connectivity index (χ4n) is 14.0. The fraction of sp³-hybridized carbons (Fsp3) is 0.133. The Hall–Kier alpha value is -14.9. The third-order valence-corrected chi connectivity index (χ3v) is 27.4. The molecule has 0 aliphatic heterocycles. The van der Waals surface area contributed by atoms with Gasteiger partial charge in [0.25, 0.3) is 41.4 Å². The van der Waals surface area contributed by atoms with Gasteiger partial charge in [-0.3, -0.25) is 74.7 Å². The van der Waals surface area contributed by atoms with Gasteiger partial charge in [0.2, 0.25) is 0 Å². The van der Waals surface area contributed by atoms with E-state index >= 15 is 0 Å². The molecular weight excluding hydrogens is 1920 g/mol. The minimum atomic E-state index is -0.380. The molecule has 692 valence electrons. The number of aromatic nitrogens is 7. The number of hydrogen-bond donors (Lipinski definition) is 5. The maximum Gasteiger partial charge on any atom is 0.295 e. The van der Waals surface area contributed by atoms with Gasteiger partial charge in [-0.05, 0) is 151 Å². The molecule has 0 atom stereocenters. The zero-order valence-electron chi connectivity index (χ0n) is 73.9. The number of halogens is 2. The number of carbonyl (C=O) groups excluding carboxylic acids is 8. The number of thiazole rings is 7. The van der Waals surface area contributed by atoms with Crippen LogP contribution in [0, 0.1) is 34.6 Å². The molecule has 0 saturated carbocycles. The summed E-state index contributed by atoms with van der Waals surface area (Å²) in [5, 5.41) is 34.1. The Labute approximate surface area is 816 Å². The minimum absolute atomic E-state index is 0.0609. The van der Waals surface area contributed by atoms with Crippen molar-refractivity contribution in [2.24, 2.45) is 0 Å². The molecule has 0 bridgehead atoms. The van der Waals surface area contributed by atoms with Crippen molar-refractivity contribution in [1.29, 1.82) is 0 Å². The van der Waals surface area contributed by atoms with Crippen LogP contribution in [0.4, 0.5) is 35.9 Å². The number of ether oxygens (including phenoxy) is 1. The van der Waals surface area contributed by atoms with Gasteiger partial charge in [-0.1, -0.05) is 119 Å². The number of nitrogens with one attached hydrogen (secondary N) is 5. The largest absolute Gasteiger partial charge is 0.497 e. The number of anilines is 7. The van der Waals surface area contributed by atoms with Crippen LogP contribution in [0.2, 0.25) is 10.0 Å². The Morgan fingerprint density at radius 1 is 0.401 bits per heavy atom. The Kier molecular flexibility index (Phi) is 30.0. The van der Waals surface area contributed by atoms with E-state index in [9.17, 15) is 38.4 Å². The number of ketones is 1. The summed E-state index contributed by atoms with van der Waals surface area (Å²) in [6.45, 7) is 10.7. The molecule has 39 heteroatoms. The first kappa shape index (κ1) is 95.2. The van der Waals surface area contributed by atoms with Crippen LogP contribution in [0.15, 0.2) is 259 Å². The first-order chi connectivity index (χ1) is 66.2. The number of methoxy groups -OCH3 is 1. The number of furan rings is 7. The van der Waals surface area contributed by atoms with Gasteiger partial charge >= 0.3 is 0 Å². The number of para-hydroxylation sites is 5. The fourth-order valence-corrected chi connectivity index (χ4v) is 19.2. The number of amides is 7. The number of Topliss-reactive ketones (excluding diaryl/α,β-unsaturated/α-hetero) is 1. The van der Waals surface area contributed by atoms with E-state index in [-0.39, 0.29) is 70.2 Å². The van der Waals surface area contributed by atoms with E-state index in [2.05, 4.69) is 61.5 Å². The smallest absolute Gasteiger partial charge is 0.295 e. The van der Waals surface area contributed by atoms with E-state index in [0.29, 0.717) is 102 Å². The molecule has 30 nitrogen and oxygen atoms in total. The second-order valence-corrected chi connectivity index (χ2v) is 37.4.